The molecule has 4 rings (SSSR count). The molecule has 8 heteroatoms. The number of hydrogen-bond donors (Lipinski definition) is 1. The van der Waals surface area contributed by atoms with Crippen molar-refractivity contribution in [3.63, 3.8) is 0 Å². The molecule has 158 valence electrons. The lowest BCUT2D eigenvalue weighted by Crippen LogP contribution is -2.31. The number of nitrogens with one attached hydrogen (secondary N) is 1. The van der Waals surface area contributed by atoms with Crippen LogP contribution in [0.4, 0.5) is 0 Å². The Balaban J connectivity index is 1.76. The highest BCUT2D eigenvalue weighted by Crippen LogP contribution is 2.37. The molecule has 0 aliphatic heterocycles. The fourth-order valence-electron chi connectivity index (χ4n) is 3.30. The molecule has 0 atom stereocenters. The van der Waals surface area contributed by atoms with Crippen molar-refractivity contribution >= 4 is 28.5 Å². The lowest BCUT2D eigenvalue weighted by atomic mass is 10.1. The van der Waals surface area contributed by atoms with Crippen molar-refractivity contribution in [2.75, 3.05) is 19.8 Å². The fourth-order valence-corrected chi connectivity index (χ4v) is 3.63. The minimum absolute atomic E-state index is 0.00511. The number of carbonyl (C=O) groups is 1. The molecule has 0 aliphatic carbocycles. The van der Waals surface area contributed by atoms with Crippen LogP contribution in [0.3, 0.4) is 0 Å². The number of aromatic nitrogens is 4. The number of hydrogen-bond acceptors (Lipinski definition) is 5. The minimum atomic E-state index is -0.186. The molecule has 0 radical (unpaired) electrons. The average molecular weight is 436 g/mol. The van der Waals surface area contributed by atoms with E-state index in [4.69, 9.17) is 16.3 Å². The standard InChI is InChI=1S/C23H22ClN5O2/c1-2-31-14-13-25-18(30)15-29-23-19(21(28-29)16-9-5-3-6-10-16)20(24)22(26-27-23)17-11-7-4-8-12-17/h3-12H,2,13-15H2,1H3,(H,25,30). The lowest BCUT2D eigenvalue weighted by Gasteiger charge is -2.07. The molecule has 2 aromatic carbocycles. The molecule has 0 spiro atoms. The first-order valence-corrected chi connectivity index (χ1v) is 10.4. The third kappa shape index (κ3) is 4.57. The van der Waals surface area contributed by atoms with Crippen molar-refractivity contribution in [1.29, 1.82) is 0 Å². The average Bonchev–Trinajstić information content (AvgIpc) is 3.17. The number of rotatable bonds is 8. The van der Waals surface area contributed by atoms with Crippen LogP contribution < -0.4 is 5.32 Å². The smallest absolute Gasteiger partial charge is 0.241 e. The monoisotopic (exact) mass is 435 g/mol. The summed E-state index contributed by atoms with van der Waals surface area (Å²) in [6.45, 7) is 3.42. The van der Waals surface area contributed by atoms with Gasteiger partial charge in [-0.15, -0.1) is 10.2 Å². The summed E-state index contributed by atoms with van der Waals surface area (Å²) in [6, 6.07) is 19.3. The topological polar surface area (TPSA) is 81.9 Å². The van der Waals surface area contributed by atoms with E-state index in [1.54, 1.807) is 4.68 Å². The van der Waals surface area contributed by atoms with Crippen LogP contribution in [-0.4, -0.2) is 45.6 Å². The summed E-state index contributed by atoms with van der Waals surface area (Å²) >= 11 is 6.83. The van der Waals surface area contributed by atoms with Gasteiger partial charge in [0.2, 0.25) is 5.91 Å². The molecule has 0 fully saturated rings. The minimum Gasteiger partial charge on any atom is -0.380 e. The van der Waals surface area contributed by atoms with E-state index in [1.807, 2.05) is 67.6 Å². The zero-order valence-corrected chi connectivity index (χ0v) is 17.8. The summed E-state index contributed by atoms with van der Waals surface area (Å²) in [5.74, 6) is -0.186. The van der Waals surface area contributed by atoms with Crippen LogP contribution in [0.2, 0.25) is 5.02 Å². The second-order valence-electron chi connectivity index (χ2n) is 6.85. The first-order valence-electron chi connectivity index (χ1n) is 10.1. The summed E-state index contributed by atoms with van der Waals surface area (Å²) < 4.78 is 6.80. The van der Waals surface area contributed by atoms with Crippen LogP contribution in [0, 0.1) is 0 Å². The van der Waals surface area contributed by atoms with Gasteiger partial charge >= 0.3 is 0 Å². The molecular weight excluding hydrogens is 414 g/mol. The van der Waals surface area contributed by atoms with Crippen molar-refractivity contribution in [2.24, 2.45) is 0 Å². The molecule has 0 aliphatic rings. The normalized spacial score (nSPS) is 11.0. The summed E-state index contributed by atoms with van der Waals surface area (Å²) in [5.41, 5.74) is 3.45. The van der Waals surface area contributed by atoms with Gasteiger partial charge in [0.25, 0.3) is 0 Å². The van der Waals surface area contributed by atoms with E-state index in [9.17, 15) is 4.79 Å². The lowest BCUT2D eigenvalue weighted by molar-refractivity contribution is -0.122. The maximum absolute atomic E-state index is 12.4. The largest absolute Gasteiger partial charge is 0.380 e. The first-order chi connectivity index (χ1) is 15.2. The molecule has 2 heterocycles. The van der Waals surface area contributed by atoms with Crippen LogP contribution in [0.15, 0.2) is 60.7 Å². The maximum atomic E-state index is 12.4. The van der Waals surface area contributed by atoms with Gasteiger partial charge in [-0.05, 0) is 6.92 Å². The predicted octanol–water partition coefficient (Wildman–Crippen LogP) is 3.97. The fraction of sp³-hybridized carbons (Fsp3) is 0.217. The number of fused-ring (bicyclic) bond motifs is 1. The van der Waals surface area contributed by atoms with E-state index in [-0.39, 0.29) is 12.5 Å². The number of halogens is 1. The number of ether oxygens (including phenoxy) is 1. The molecule has 1 N–H and O–H groups in total. The van der Waals surface area contributed by atoms with Crippen molar-refractivity contribution in [2.45, 2.75) is 13.5 Å². The van der Waals surface area contributed by atoms with Crippen molar-refractivity contribution in [3.8, 4) is 22.5 Å². The highest BCUT2D eigenvalue weighted by Gasteiger charge is 2.21. The maximum Gasteiger partial charge on any atom is 0.241 e. The Morgan fingerprint density at radius 1 is 1.00 bits per heavy atom. The Kier molecular flexibility index (Phi) is 6.54. The van der Waals surface area contributed by atoms with Gasteiger partial charge in [-0.25, -0.2) is 4.68 Å². The van der Waals surface area contributed by atoms with Crippen LogP contribution in [-0.2, 0) is 16.1 Å². The van der Waals surface area contributed by atoms with E-state index in [0.717, 1.165) is 11.1 Å². The Bertz CT molecular complexity index is 1180. The molecule has 4 aromatic rings. The van der Waals surface area contributed by atoms with Crippen LogP contribution in [0.5, 0.6) is 0 Å². The van der Waals surface area contributed by atoms with Gasteiger partial charge in [-0.1, -0.05) is 72.3 Å². The second kappa shape index (κ2) is 9.68. The number of amides is 1. The highest BCUT2D eigenvalue weighted by atomic mass is 35.5. The van der Waals surface area contributed by atoms with E-state index >= 15 is 0 Å². The van der Waals surface area contributed by atoms with Gasteiger partial charge in [-0.2, -0.15) is 5.10 Å². The third-order valence-electron chi connectivity index (χ3n) is 4.76. The highest BCUT2D eigenvalue weighted by molar-refractivity contribution is 6.38. The molecule has 2 aromatic heterocycles. The zero-order valence-electron chi connectivity index (χ0n) is 17.1. The van der Waals surface area contributed by atoms with Gasteiger partial charge in [-0.3, -0.25) is 4.79 Å². The molecule has 31 heavy (non-hydrogen) atoms. The summed E-state index contributed by atoms with van der Waals surface area (Å²) in [4.78, 5) is 12.4. The quantitative estimate of drug-likeness (QED) is 0.423. The molecule has 7 nitrogen and oxygen atoms in total. The van der Waals surface area contributed by atoms with E-state index in [1.165, 1.54) is 0 Å². The number of benzene rings is 2. The first kappa shape index (κ1) is 21.0. The Morgan fingerprint density at radius 3 is 2.29 bits per heavy atom. The molecular formula is C23H22ClN5O2. The van der Waals surface area contributed by atoms with Crippen molar-refractivity contribution in [1.82, 2.24) is 25.3 Å². The summed E-state index contributed by atoms with van der Waals surface area (Å²) in [7, 11) is 0. The van der Waals surface area contributed by atoms with E-state index in [2.05, 4.69) is 20.6 Å². The van der Waals surface area contributed by atoms with Crippen molar-refractivity contribution < 1.29 is 9.53 Å². The van der Waals surface area contributed by atoms with Crippen LogP contribution in [0.25, 0.3) is 33.5 Å². The van der Waals surface area contributed by atoms with Gasteiger partial charge in [0.15, 0.2) is 5.65 Å². The SMILES string of the molecule is CCOCCNC(=O)Cn1nc(-c2ccccc2)c2c(Cl)c(-c3ccccc3)nnc21. The third-order valence-corrected chi connectivity index (χ3v) is 5.13. The second-order valence-corrected chi connectivity index (χ2v) is 7.22. The zero-order chi connectivity index (χ0) is 21.6. The molecule has 0 saturated heterocycles. The summed E-state index contributed by atoms with van der Waals surface area (Å²) in [6.07, 6.45) is 0. The number of nitrogens with zero attached hydrogens (tertiary/aromatic N) is 4. The van der Waals surface area contributed by atoms with Gasteiger partial charge < -0.3 is 10.1 Å². The molecule has 0 saturated carbocycles. The molecule has 0 bridgehead atoms. The summed E-state index contributed by atoms with van der Waals surface area (Å²) in [5, 5.41) is 17.4. The Hall–Kier alpha value is -3.29. The van der Waals surface area contributed by atoms with Gasteiger partial charge in [0.05, 0.1) is 17.0 Å². The van der Waals surface area contributed by atoms with Crippen LogP contribution >= 0.6 is 11.6 Å². The Morgan fingerprint density at radius 2 is 1.65 bits per heavy atom. The Labute approximate surface area is 185 Å². The number of carbonyl (C=O) groups excluding carboxylic acids is 1. The van der Waals surface area contributed by atoms with Gasteiger partial charge in [0, 0.05) is 24.3 Å². The predicted molar refractivity (Wildman–Crippen MR) is 121 cm³/mol. The van der Waals surface area contributed by atoms with Crippen LogP contribution in [0.1, 0.15) is 6.92 Å². The van der Waals surface area contributed by atoms with Crippen molar-refractivity contribution in [3.05, 3.63) is 65.7 Å². The molecule has 0 unspecified atom stereocenters. The van der Waals surface area contributed by atoms with E-state index in [0.29, 0.717) is 47.2 Å². The van der Waals surface area contributed by atoms with Gasteiger partial charge in [0.1, 0.15) is 17.9 Å². The molecule has 1 amide bonds. The van der Waals surface area contributed by atoms with E-state index < -0.39 is 0 Å².